The molecule has 2 heteroatoms. The van der Waals surface area contributed by atoms with Crippen LogP contribution in [0.2, 0.25) is 0 Å². The van der Waals surface area contributed by atoms with Crippen LogP contribution in [0, 0.1) is 11.3 Å². The SMILES string of the molecule is CC(C)(C)CC(=O)C1CC2CCC(C1)O2. The second-order valence-corrected chi connectivity index (χ2v) is 6.33. The van der Waals surface area contributed by atoms with Gasteiger partial charge in [0, 0.05) is 12.3 Å². The van der Waals surface area contributed by atoms with Crippen LogP contribution in [0.15, 0.2) is 0 Å². The summed E-state index contributed by atoms with van der Waals surface area (Å²) >= 11 is 0. The summed E-state index contributed by atoms with van der Waals surface area (Å²) in [5, 5.41) is 0. The van der Waals surface area contributed by atoms with Gasteiger partial charge in [0.25, 0.3) is 0 Å². The normalized spacial score (nSPS) is 35.5. The maximum Gasteiger partial charge on any atom is 0.136 e. The molecule has 2 heterocycles. The van der Waals surface area contributed by atoms with Crippen LogP contribution in [0.3, 0.4) is 0 Å². The van der Waals surface area contributed by atoms with Gasteiger partial charge in [0.2, 0.25) is 0 Å². The van der Waals surface area contributed by atoms with Crippen LogP contribution in [-0.2, 0) is 9.53 Å². The molecular formula is C13H22O2. The van der Waals surface area contributed by atoms with Gasteiger partial charge in [-0.3, -0.25) is 4.79 Å². The monoisotopic (exact) mass is 210 g/mol. The molecule has 0 aromatic rings. The fourth-order valence-electron chi connectivity index (χ4n) is 2.79. The van der Waals surface area contributed by atoms with Crippen molar-refractivity contribution in [1.29, 1.82) is 0 Å². The third-order valence-electron chi connectivity index (χ3n) is 3.45. The Morgan fingerprint density at radius 2 is 1.73 bits per heavy atom. The van der Waals surface area contributed by atoms with Crippen molar-refractivity contribution in [3.63, 3.8) is 0 Å². The maximum absolute atomic E-state index is 12.1. The Morgan fingerprint density at radius 1 is 1.20 bits per heavy atom. The van der Waals surface area contributed by atoms with Crippen molar-refractivity contribution >= 4 is 5.78 Å². The molecule has 2 nitrogen and oxygen atoms in total. The van der Waals surface area contributed by atoms with E-state index in [2.05, 4.69) is 20.8 Å². The Morgan fingerprint density at radius 3 is 2.20 bits per heavy atom. The highest BCUT2D eigenvalue weighted by Gasteiger charge is 2.38. The lowest BCUT2D eigenvalue weighted by atomic mass is 9.82. The van der Waals surface area contributed by atoms with Gasteiger partial charge in [-0.05, 0) is 31.1 Å². The van der Waals surface area contributed by atoms with Crippen molar-refractivity contribution < 1.29 is 9.53 Å². The molecule has 0 saturated carbocycles. The van der Waals surface area contributed by atoms with E-state index in [1.807, 2.05) is 0 Å². The first-order valence-electron chi connectivity index (χ1n) is 6.12. The van der Waals surface area contributed by atoms with Crippen LogP contribution < -0.4 is 0 Å². The van der Waals surface area contributed by atoms with Gasteiger partial charge in [-0.2, -0.15) is 0 Å². The Kier molecular flexibility index (Phi) is 2.89. The first kappa shape index (κ1) is 11.1. The first-order valence-corrected chi connectivity index (χ1v) is 6.12. The van der Waals surface area contributed by atoms with Crippen molar-refractivity contribution in [3.05, 3.63) is 0 Å². The third-order valence-corrected chi connectivity index (χ3v) is 3.45. The summed E-state index contributed by atoms with van der Waals surface area (Å²) in [5.41, 5.74) is 0.133. The molecule has 2 saturated heterocycles. The number of carbonyl (C=O) groups is 1. The number of Topliss-reactive ketones (excluding diaryl/α,β-unsaturated/α-hetero) is 1. The number of fused-ring (bicyclic) bond motifs is 2. The van der Waals surface area contributed by atoms with E-state index in [4.69, 9.17) is 4.74 Å². The molecule has 0 amide bonds. The molecule has 0 N–H and O–H groups in total. The Bertz CT molecular complexity index is 240. The van der Waals surface area contributed by atoms with Crippen LogP contribution in [0.1, 0.15) is 52.9 Å². The molecule has 86 valence electrons. The number of hydrogen-bond acceptors (Lipinski definition) is 2. The van der Waals surface area contributed by atoms with Gasteiger partial charge >= 0.3 is 0 Å². The van der Waals surface area contributed by atoms with Gasteiger partial charge in [-0.15, -0.1) is 0 Å². The van der Waals surface area contributed by atoms with Crippen LogP contribution in [0.4, 0.5) is 0 Å². The van der Waals surface area contributed by atoms with Gasteiger partial charge < -0.3 is 4.74 Å². The summed E-state index contributed by atoms with van der Waals surface area (Å²) in [4.78, 5) is 12.1. The van der Waals surface area contributed by atoms with E-state index in [-0.39, 0.29) is 11.3 Å². The number of ketones is 1. The lowest BCUT2D eigenvalue weighted by Crippen LogP contribution is -2.31. The standard InChI is InChI=1S/C13H22O2/c1-13(2,3)8-12(14)9-6-10-4-5-11(7-9)15-10/h9-11H,4-8H2,1-3H3. The minimum absolute atomic E-state index is 0.133. The van der Waals surface area contributed by atoms with E-state index in [0.717, 1.165) is 19.3 Å². The van der Waals surface area contributed by atoms with Crippen molar-refractivity contribution in [3.8, 4) is 0 Å². The Hall–Kier alpha value is -0.370. The molecule has 2 atom stereocenters. The summed E-state index contributed by atoms with van der Waals surface area (Å²) in [6, 6.07) is 0. The molecule has 0 radical (unpaired) electrons. The number of hydrogen-bond donors (Lipinski definition) is 0. The molecule has 0 aromatic heterocycles. The average Bonchev–Trinajstić information content (AvgIpc) is 2.42. The Balaban J connectivity index is 1.91. The Labute approximate surface area is 92.4 Å². The molecule has 2 rings (SSSR count). The van der Waals surface area contributed by atoms with Gasteiger partial charge in [-0.25, -0.2) is 0 Å². The van der Waals surface area contributed by atoms with Crippen molar-refractivity contribution in [2.45, 2.75) is 65.1 Å². The van der Waals surface area contributed by atoms with E-state index in [1.165, 1.54) is 12.8 Å². The first-order chi connectivity index (χ1) is 6.94. The summed E-state index contributed by atoms with van der Waals surface area (Å²) in [7, 11) is 0. The lowest BCUT2D eigenvalue weighted by Gasteiger charge is -2.29. The van der Waals surface area contributed by atoms with Gasteiger partial charge in [-0.1, -0.05) is 20.8 Å². The van der Waals surface area contributed by atoms with Crippen molar-refractivity contribution in [2.24, 2.45) is 11.3 Å². The van der Waals surface area contributed by atoms with E-state index in [9.17, 15) is 4.79 Å². The second kappa shape index (κ2) is 3.89. The van der Waals surface area contributed by atoms with Gasteiger partial charge in [0.05, 0.1) is 12.2 Å². The summed E-state index contributed by atoms with van der Waals surface area (Å²) in [6.45, 7) is 6.41. The van der Waals surface area contributed by atoms with Crippen LogP contribution in [0.5, 0.6) is 0 Å². The van der Waals surface area contributed by atoms with E-state index in [1.54, 1.807) is 0 Å². The molecule has 0 aliphatic carbocycles. The zero-order chi connectivity index (χ0) is 11.1. The highest BCUT2D eigenvalue weighted by atomic mass is 16.5. The fraction of sp³-hybridized carbons (Fsp3) is 0.923. The van der Waals surface area contributed by atoms with E-state index >= 15 is 0 Å². The molecule has 2 aliphatic heterocycles. The van der Waals surface area contributed by atoms with Crippen molar-refractivity contribution in [2.75, 3.05) is 0 Å². The molecular weight excluding hydrogens is 188 g/mol. The predicted octanol–water partition coefficient (Wildman–Crippen LogP) is 2.95. The van der Waals surface area contributed by atoms with Gasteiger partial charge in [0.1, 0.15) is 5.78 Å². The summed E-state index contributed by atoms with van der Waals surface area (Å²) in [6.07, 6.45) is 5.79. The predicted molar refractivity (Wildman–Crippen MR) is 59.7 cm³/mol. The molecule has 0 spiro atoms. The third kappa shape index (κ3) is 2.81. The molecule has 15 heavy (non-hydrogen) atoms. The topological polar surface area (TPSA) is 26.3 Å². The van der Waals surface area contributed by atoms with E-state index < -0.39 is 0 Å². The highest BCUT2D eigenvalue weighted by molar-refractivity contribution is 5.81. The van der Waals surface area contributed by atoms with Gasteiger partial charge in [0.15, 0.2) is 0 Å². The highest BCUT2D eigenvalue weighted by Crippen LogP contribution is 2.37. The number of ether oxygens (including phenoxy) is 1. The maximum atomic E-state index is 12.1. The number of rotatable bonds is 2. The minimum atomic E-state index is 0.133. The van der Waals surface area contributed by atoms with E-state index in [0.29, 0.717) is 18.0 Å². The fourth-order valence-corrected chi connectivity index (χ4v) is 2.79. The zero-order valence-corrected chi connectivity index (χ0v) is 10.1. The minimum Gasteiger partial charge on any atom is -0.375 e. The lowest BCUT2D eigenvalue weighted by molar-refractivity contribution is -0.130. The zero-order valence-electron chi connectivity index (χ0n) is 10.1. The smallest absolute Gasteiger partial charge is 0.136 e. The summed E-state index contributed by atoms with van der Waals surface area (Å²) in [5.74, 6) is 0.748. The largest absolute Gasteiger partial charge is 0.375 e. The van der Waals surface area contributed by atoms with Crippen LogP contribution in [-0.4, -0.2) is 18.0 Å². The second-order valence-electron chi connectivity index (χ2n) is 6.33. The van der Waals surface area contributed by atoms with Crippen molar-refractivity contribution in [1.82, 2.24) is 0 Å². The molecule has 2 fully saturated rings. The molecule has 2 unspecified atom stereocenters. The van der Waals surface area contributed by atoms with Crippen LogP contribution >= 0.6 is 0 Å². The summed E-state index contributed by atoms with van der Waals surface area (Å²) < 4.78 is 5.76. The quantitative estimate of drug-likeness (QED) is 0.700. The molecule has 2 bridgehead atoms. The molecule has 0 aromatic carbocycles. The number of carbonyl (C=O) groups excluding carboxylic acids is 1. The molecule has 2 aliphatic rings. The van der Waals surface area contributed by atoms with Crippen LogP contribution in [0.25, 0.3) is 0 Å². The average molecular weight is 210 g/mol.